The Balaban J connectivity index is 2.10. The number of rotatable bonds is 7. The minimum Gasteiger partial charge on any atom is -0.285 e. The van der Waals surface area contributed by atoms with Crippen molar-refractivity contribution in [1.82, 2.24) is 10.4 Å². The molecule has 0 aromatic rings. The SMILES string of the molecule is CCCCCC=CC=CC(=O)NN1CCCCC1. The van der Waals surface area contributed by atoms with Gasteiger partial charge < -0.3 is 0 Å². The van der Waals surface area contributed by atoms with Crippen LogP contribution in [0.5, 0.6) is 0 Å². The molecular weight excluding hydrogens is 224 g/mol. The number of hydrogen-bond donors (Lipinski definition) is 1. The molecule has 1 rings (SSSR count). The van der Waals surface area contributed by atoms with E-state index in [1.165, 1.54) is 38.5 Å². The summed E-state index contributed by atoms with van der Waals surface area (Å²) < 4.78 is 0. The van der Waals surface area contributed by atoms with Crippen molar-refractivity contribution in [3.8, 4) is 0 Å². The maximum atomic E-state index is 11.6. The van der Waals surface area contributed by atoms with Crippen LogP contribution >= 0.6 is 0 Å². The molecule has 0 aromatic heterocycles. The standard InChI is InChI=1S/C15H26N2O/c1-2-3-4-5-6-7-9-12-15(18)16-17-13-10-8-11-14-17/h6-7,9,12H,2-5,8,10-11,13-14H2,1H3,(H,16,18). The molecule has 1 aliphatic heterocycles. The van der Waals surface area contributed by atoms with Gasteiger partial charge in [-0.15, -0.1) is 0 Å². The molecule has 1 heterocycles. The van der Waals surface area contributed by atoms with Gasteiger partial charge in [0.05, 0.1) is 0 Å². The van der Waals surface area contributed by atoms with E-state index in [1.807, 2.05) is 17.2 Å². The predicted octanol–water partition coefficient (Wildman–Crippen LogP) is 3.20. The molecule has 1 saturated heterocycles. The van der Waals surface area contributed by atoms with Crippen LogP contribution in [0.15, 0.2) is 24.3 Å². The van der Waals surface area contributed by atoms with Gasteiger partial charge in [0, 0.05) is 19.2 Å². The van der Waals surface area contributed by atoms with Gasteiger partial charge in [-0.3, -0.25) is 10.2 Å². The van der Waals surface area contributed by atoms with Crippen molar-refractivity contribution in [2.24, 2.45) is 0 Å². The Morgan fingerprint density at radius 3 is 2.67 bits per heavy atom. The highest BCUT2D eigenvalue weighted by Crippen LogP contribution is 2.05. The van der Waals surface area contributed by atoms with Crippen LogP contribution < -0.4 is 5.43 Å². The van der Waals surface area contributed by atoms with Gasteiger partial charge in [0.15, 0.2) is 0 Å². The largest absolute Gasteiger partial charge is 0.285 e. The summed E-state index contributed by atoms with van der Waals surface area (Å²) in [6.45, 7) is 4.16. The molecule has 0 radical (unpaired) electrons. The Labute approximate surface area is 111 Å². The van der Waals surface area contributed by atoms with Gasteiger partial charge >= 0.3 is 0 Å². The van der Waals surface area contributed by atoms with Gasteiger partial charge in [-0.1, -0.05) is 44.4 Å². The smallest absolute Gasteiger partial charge is 0.258 e. The van der Waals surface area contributed by atoms with Crippen molar-refractivity contribution in [2.75, 3.05) is 13.1 Å². The summed E-state index contributed by atoms with van der Waals surface area (Å²) in [5.41, 5.74) is 2.90. The third-order valence-corrected chi connectivity index (χ3v) is 3.09. The van der Waals surface area contributed by atoms with Crippen LogP contribution in [0.25, 0.3) is 0 Å². The van der Waals surface area contributed by atoms with Crippen molar-refractivity contribution in [3.05, 3.63) is 24.3 Å². The first-order valence-corrected chi connectivity index (χ1v) is 7.21. The van der Waals surface area contributed by atoms with Crippen LogP contribution in [0.1, 0.15) is 51.9 Å². The fourth-order valence-electron chi connectivity index (χ4n) is 2.03. The molecule has 0 atom stereocenters. The zero-order chi connectivity index (χ0) is 13.1. The number of unbranched alkanes of at least 4 members (excludes halogenated alkanes) is 3. The zero-order valence-corrected chi connectivity index (χ0v) is 11.5. The lowest BCUT2D eigenvalue weighted by Gasteiger charge is -2.26. The number of hydrazine groups is 1. The Morgan fingerprint density at radius 1 is 1.17 bits per heavy atom. The van der Waals surface area contributed by atoms with Crippen LogP contribution in [0, 0.1) is 0 Å². The zero-order valence-electron chi connectivity index (χ0n) is 11.5. The van der Waals surface area contributed by atoms with Crippen LogP contribution in [-0.2, 0) is 4.79 Å². The Bertz CT molecular complexity index is 278. The normalized spacial score (nSPS) is 17.6. The second-order valence-corrected chi connectivity index (χ2v) is 4.81. The highest BCUT2D eigenvalue weighted by atomic mass is 16.2. The minimum atomic E-state index is -0.0184. The lowest BCUT2D eigenvalue weighted by Crippen LogP contribution is -2.44. The first-order valence-electron chi connectivity index (χ1n) is 7.21. The van der Waals surface area contributed by atoms with E-state index < -0.39 is 0 Å². The molecule has 3 nitrogen and oxygen atoms in total. The summed E-state index contributed by atoms with van der Waals surface area (Å²) in [7, 11) is 0. The van der Waals surface area contributed by atoms with E-state index in [0.717, 1.165) is 19.5 Å². The van der Waals surface area contributed by atoms with Crippen molar-refractivity contribution in [3.63, 3.8) is 0 Å². The third-order valence-electron chi connectivity index (χ3n) is 3.09. The summed E-state index contributed by atoms with van der Waals surface area (Å²) in [4.78, 5) is 11.6. The van der Waals surface area contributed by atoms with Gasteiger partial charge in [0.1, 0.15) is 0 Å². The van der Waals surface area contributed by atoms with Crippen molar-refractivity contribution in [2.45, 2.75) is 51.9 Å². The third kappa shape index (κ3) is 7.28. The van der Waals surface area contributed by atoms with Gasteiger partial charge in [-0.25, -0.2) is 5.01 Å². The summed E-state index contributed by atoms with van der Waals surface area (Å²) >= 11 is 0. The molecule has 0 aliphatic carbocycles. The lowest BCUT2D eigenvalue weighted by molar-refractivity contribution is -0.121. The summed E-state index contributed by atoms with van der Waals surface area (Å²) in [6.07, 6.45) is 16.0. The number of carbonyl (C=O) groups is 1. The van der Waals surface area contributed by atoms with Gasteiger partial charge in [-0.2, -0.15) is 0 Å². The number of allylic oxidation sites excluding steroid dienone is 3. The van der Waals surface area contributed by atoms with E-state index in [9.17, 15) is 4.79 Å². The molecule has 18 heavy (non-hydrogen) atoms. The molecule has 0 spiro atoms. The second kappa shape index (κ2) is 9.89. The van der Waals surface area contributed by atoms with E-state index in [1.54, 1.807) is 6.08 Å². The maximum absolute atomic E-state index is 11.6. The number of piperidine rings is 1. The Hall–Kier alpha value is -1.09. The van der Waals surface area contributed by atoms with E-state index in [-0.39, 0.29) is 5.91 Å². The fourth-order valence-corrected chi connectivity index (χ4v) is 2.03. The van der Waals surface area contributed by atoms with E-state index in [4.69, 9.17) is 0 Å². The molecule has 1 N–H and O–H groups in total. The molecule has 3 heteroatoms. The quantitative estimate of drug-likeness (QED) is 0.427. The van der Waals surface area contributed by atoms with E-state index >= 15 is 0 Å². The van der Waals surface area contributed by atoms with Crippen molar-refractivity contribution in [1.29, 1.82) is 0 Å². The number of amides is 1. The number of nitrogens with zero attached hydrogens (tertiary/aromatic N) is 1. The topological polar surface area (TPSA) is 32.3 Å². The fraction of sp³-hybridized carbons (Fsp3) is 0.667. The molecule has 102 valence electrons. The summed E-state index contributed by atoms with van der Waals surface area (Å²) in [6, 6.07) is 0. The van der Waals surface area contributed by atoms with E-state index in [2.05, 4.69) is 18.4 Å². The Morgan fingerprint density at radius 2 is 1.94 bits per heavy atom. The summed E-state index contributed by atoms with van der Waals surface area (Å²) in [5.74, 6) is -0.0184. The molecule has 1 aliphatic rings. The molecule has 0 bridgehead atoms. The van der Waals surface area contributed by atoms with Crippen molar-refractivity contribution < 1.29 is 4.79 Å². The molecule has 0 unspecified atom stereocenters. The lowest BCUT2D eigenvalue weighted by atomic mass is 10.2. The Kier molecular flexibility index (Phi) is 8.23. The van der Waals surface area contributed by atoms with Gasteiger partial charge in [0.2, 0.25) is 0 Å². The first-order chi connectivity index (χ1) is 8.83. The first kappa shape index (κ1) is 15.0. The molecule has 0 saturated carbocycles. The summed E-state index contributed by atoms with van der Waals surface area (Å²) in [5, 5.41) is 2.02. The molecule has 1 fully saturated rings. The second-order valence-electron chi connectivity index (χ2n) is 4.81. The van der Waals surface area contributed by atoms with Crippen LogP contribution in [-0.4, -0.2) is 24.0 Å². The average molecular weight is 250 g/mol. The maximum Gasteiger partial charge on any atom is 0.258 e. The average Bonchev–Trinajstić information content (AvgIpc) is 2.39. The van der Waals surface area contributed by atoms with Gasteiger partial charge in [-0.05, 0) is 25.7 Å². The molecular formula is C15H26N2O. The molecule has 1 amide bonds. The van der Waals surface area contributed by atoms with Crippen LogP contribution in [0.2, 0.25) is 0 Å². The monoisotopic (exact) mass is 250 g/mol. The predicted molar refractivity (Wildman–Crippen MR) is 76.0 cm³/mol. The highest BCUT2D eigenvalue weighted by molar-refractivity contribution is 5.87. The molecule has 0 aromatic carbocycles. The minimum absolute atomic E-state index is 0.0184. The number of carbonyl (C=O) groups excluding carboxylic acids is 1. The van der Waals surface area contributed by atoms with Gasteiger partial charge in [0.25, 0.3) is 5.91 Å². The van der Waals surface area contributed by atoms with Crippen molar-refractivity contribution >= 4 is 5.91 Å². The van der Waals surface area contributed by atoms with Crippen LogP contribution in [0.4, 0.5) is 0 Å². The number of nitrogens with one attached hydrogen (secondary N) is 1. The highest BCUT2D eigenvalue weighted by Gasteiger charge is 2.10. The van der Waals surface area contributed by atoms with E-state index in [0.29, 0.717) is 0 Å². The number of hydrogen-bond acceptors (Lipinski definition) is 2. The van der Waals surface area contributed by atoms with Crippen LogP contribution in [0.3, 0.4) is 0 Å².